The molecule has 0 aliphatic carbocycles. The van der Waals surface area contributed by atoms with E-state index in [1.54, 1.807) is 0 Å². The van der Waals surface area contributed by atoms with Gasteiger partial charge in [-0.3, -0.25) is 0 Å². The lowest BCUT2D eigenvalue weighted by Crippen LogP contribution is -2.34. The van der Waals surface area contributed by atoms with Gasteiger partial charge in [-0.05, 0) is 38.3 Å². The van der Waals surface area contributed by atoms with Crippen LogP contribution in [0.2, 0.25) is 0 Å². The second-order valence-corrected chi connectivity index (χ2v) is 6.38. The van der Waals surface area contributed by atoms with Crippen molar-refractivity contribution in [3.05, 3.63) is 0 Å². The summed E-state index contributed by atoms with van der Waals surface area (Å²) in [5.41, 5.74) is 0. The number of unbranched alkanes of at least 4 members (excludes halogenated alkanes) is 8. The monoisotopic (exact) mass is 253 g/mol. The van der Waals surface area contributed by atoms with Crippen LogP contribution in [0.15, 0.2) is 0 Å². The summed E-state index contributed by atoms with van der Waals surface area (Å²) in [6.45, 7) is 8.78. The van der Waals surface area contributed by atoms with E-state index in [2.05, 4.69) is 18.7 Å². The molecule has 1 saturated heterocycles. The van der Waals surface area contributed by atoms with Crippen molar-refractivity contribution in [2.45, 2.75) is 84.5 Å². The van der Waals surface area contributed by atoms with Crippen molar-refractivity contribution in [1.82, 2.24) is 4.90 Å². The Balaban J connectivity index is 1.80. The SMILES string of the molecule is CCCCCCCCCCCN1CCCC(C)C1. The molecule has 18 heavy (non-hydrogen) atoms. The van der Waals surface area contributed by atoms with Crippen LogP contribution in [0, 0.1) is 5.92 Å². The van der Waals surface area contributed by atoms with Gasteiger partial charge in [0.05, 0.1) is 0 Å². The molecule has 0 saturated carbocycles. The topological polar surface area (TPSA) is 3.24 Å². The lowest BCUT2D eigenvalue weighted by molar-refractivity contribution is 0.180. The Morgan fingerprint density at radius 2 is 1.50 bits per heavy atom. The molecule has 1 heteroatoms. The Bertz CT molecular complexity index is 178. The van der Waals surface area contributed by atoms with Gasteiger partial charge in [-0.1, -0.05) is 65.2 Å². The highest BCUT2D eigenvalue weighted by molar-refractivity contribution is 4.69. The maximum absolute atomic E-state index is 2.69. The summed E-state index contributed by atoms with van der Waals surface area (Å²) in [5, 5.41) is 0. The molecule has 0 aromatic rings. The highest BCUT2D eigenvalue weighted by atomic mass is 15.1. The van der Waals surface area contributed by atoms with Gasteiger partial charge in [-0.15, -0.1) is 0 Å². The number of rotatable bonds is 10. The number of piperidine rings is 1. The molecule has 1 heterocycles. The number of likely N-dealkylation sites (tertiary alicyclic amines) is 1. The lowest BCUT2D eigenvalue weighted by Gasteiger charge is -2.30. The maximum atomic E-state index is 2.69. The normalized spacial score (nSPS) is 21.3. The van der Waals surface area contributed by atoms with Crippen molar-refractivity contribution in [2.75, 3.05) is 19.6 Å². The fourth-order valence-corrected chi connectivity index (χ4v) is 3.14. The summed E-state index contributed by atoms with van der Waals surface area (Å²) in [6.07, 6.45) is 15.9. The van der Waals surface area contributed by atoms with E-state index in [1.165, 1.54) is 90.3 Å². The molecule has 1 aliphatic rings. The number of hydrogen-bond donors (Lipinski definition) is 0. The zero-order chi connectivity index (χ0) is 13.1. The van der Waals surface area contributed by atoms with Crippen LogP contribution >= 0.6 is 0 Å². The summed E-state index contributed by atoms with van der Waals surface area (Å²) < 4.78 is 0. The third-order valence-electron chi connectivity index (χ3n) is 4.32. The smallest absolute Gasteiger partial charge is 0.000703 e. The van der Waals surface area contributed by atoms with E-state index >= 15 is 0 Å². The zero-order valence-electron chi connectivity index (χ0n) is 12.9. The largest absolute Gasteiger partial charge is 0.303 e. The van der Waals surface area contributed by atoms with Gasteiger partial charge in [0.15, 0.2) is 0 Å². The van der Waals surface area contributed by atoms with E-state index in [-0.39, 0.29) is 0 Å². The van der Waals surface area contributed by atoms with Crippen molar-refractivity contribution in [1.29, 1.82) is 0 Å². The van der Waals surface area contributed by atoms with Crippen molar-refractivity contribution >= 4 is 0 Å². The summed E-state index contributed by atoms with van der Waals surface area (Å²) in [4.78, 5) is 2.69. The van der Waals surface area contributed by atoms with Gasteiger partial charge in [-0.2, -0.15) is 0 Å². The molecule has 0 bridgehead atoms. The Hall–Kier alpha value is -0.0400. The van der Waals surface area contributed by atoms with Crippen molar-refractivity contribution in [3.8, 4) is 0 Å². The highest BCUT2D eigenvalue weighted by Gasteiger charge is 2.14. The fourth-order valence-electron chi connectivity index (χ4n) is 3.14. The molecule has 1 nitrogen and oxygen atoms in total. The van der Waals surface area contributed by atoms with Crippen LogP contribution < -0.4 is 0 Å². The van der Waals surface area contributed by atoms with Crippen LogP contribution in [0.4, 0.5) is 0 Å². The first-order valence-electron chi connectivity index (χ1n) is 8.55. The van der Waals surface area contributed by atoms with E-state index in [4.69, 9.17) is 0 Å². The predicted octanol–water partition coefficient (Wildman–Crippen LogP) is 5.25. The molecule has 0 radical (unpaired) electrons. The van der Waals surface area contributed by atoms with Gasteiger partial charge in [0.25, 0.3) is 0 Å². The van der Waals surface area contributed by atoms with Crippen molar-refractivity contribution < 1.29 is 0 Å². The second kappa shape index (κ2) is 10.8. The molecule has 0 N–H and O–H groups in total. The van der Waals surface area contributed by atoms with Gasteiger partial charge in [0.2, 0.25) is 0 Å². The molecule has 0 aromatic carbocycles. The number of hydrogen-bond acceptors (Lipinski definition) is 1. The first-order chi connectivity index (χ1) is 8.83. The van der Waals surface area contributed by atoms with E-state index in [0.29, 0.717) is 0 Å². The molecule has 0 amide bonds. The molecule has 0 aromatic heterocycles. The average molecular weight is 253 g/mol. The van der Waals surface area contributed by atoms with E-state index in [0.717, 1.165) is 5.92 Å². The molecule has 1 atom stereocenters. The summed E-state index contributed by atoms with van der Waals surface area (Å²) in [6, 6.07) is 0. The second-order valence-electron chi connectivity index (χ2n) is 6.38. The first kappa shape index (κ1) is 16.0. The zero-order valence-corrected chi connectivity index (χ0v) is 12.9. The molecule has 0 spiro atoms. The van der Waals surface area contributed by atoms with Crippen molar-refractivity contribution in [3.63, 3.8) is 0 Å². The van der Waals surface area contributed by atoms with Gasteiger partial charge >= 0.3 is 0 Å². The van der Waals surface area contributed by atoms with Crippen LogP contribution in [0.25, 0.3) is 0 Å². The van der Waals surface area contributed by atoms with Gasteiger partial charge < -0.3 is 4.90 Å². The van der Waals surface area contributed by atoms with Crippen LogP contribution in [0.1, 0.15) is 84.5 Å². The standard InChI is InChI=1S/C17H35N/c1-3-4-5-6-7-8-9-10-11-14-18-15-12-13-17(2)16-18/h17H,3-16H2,1-2H3. The first-order valence-corrected chi connectivity index (χ1v) is 8.55. The maximum Gasteiger partial charge on any atom is 0.000703 e. The minimum Gasteiger partial charge on any atom is -0.303 e. The highest BCUT2D eigenvalue weighted by Crippen LogP contribution is 2.16. The minimum atomic E-state index is 0.942. The van der Waals surface area contributed by atoms with Crippen LogP contribution in [-0.2, 0) is 0 Å². The Morgan fingerprint density at radius 1 is 0.889 bits per heavy atom. The number of nitrogens with zero attached hydrogens (tertiary/aromatic N) is 1. The van der Waals surface area contributed by atoms with E-state index < -0.39 is 0 Å². The Kier molecular flexibility index (Phi) is 9.65. The molecule has 1 fully saturated rings. The minimum absolute atomic E-state index is 0.942. The van der Waals surface area contributed by atoms with Gasteiger partial charge in [0.1, 0.15) is 0 Å². The quantitative estimate of drug-likeness (QED) is 0.481. The summed E-state index contributed by atoms with van der Waals surface area (Å²) in [5.74, 6) is 0.942. The van der Waals surface area contributed by atoms with Crippen LogP contribution in [0.5, 0.6) is 0 Å². The molecule has 1 unspecified atom stereocenters. The predicted molar refractivity (Wildman–Crippen MR) is 82.1 cm³/mol. The average Bonchev–Trinajstić information content (AvgIpc) is 2.37. The Morgan fingerprint density at radius 3 is 2.11 bits per heavy atom. The third-order valence-corrected chi connectivity index (χ3v) is 4.32. The molecule has 1 aliphatic heterocycles. The van der Waals surface area contributed by atoms with Gasteiger partial charge in [-0.25, -0.2) is 0 Å². The van der Waals surface area contributed by atoms with Crippen LogP contribution in [0.3, 0.4) is 0 Å². The molecular formula is C17H35N. The molecular weight excluding hydrogens is 218 g/mol. The van der Waals surface area contributed by atoms with Crippen LogP contribution in [-0.4, -0.2) is 24.5 Å². The Labute approximate surface area is 115 Å². The molecule has 108 valence electrons. The summed E-state index contributed by atoms with van der Waals surface area (Å²) >= 11 is 0. The lowest BCUT2D eigenvalue weighted by atomic mass is 10.00. The fraction of sp³-hybridized carbons (Fsp3) is 1.00. The van der Waals surface area contributed by atoms with Gasteiger partial charge in [0, 0.05) is 6.54 Å². The van der Waals surface area contributed by atoms with Crippen molar-refractivity contribution in [2.24, 2.45) is 5.92 Å². The third kappa shape index (κ3) is 8.13. The van der Waals surface area contributed by atoms with E-state index in [1.807, 2.05) is 0 Å². The van der Waals surface area contributed by atoms with E-state index in [9.17, 15) is 0 Å². The summed E-state index contributed by atoms with van der Waals surface area (Å²) in [7, 11) is 0. The molecule has 1 rings (SSSR count).